The van der Waals surface area contributed by atoms with Crippen molar-refractivity contribution in [3.8, 4) is 0 Å². The molecule has 0 fully saturated rings. The van der Waals surface area contributed by atoms with Crippen LogP contribution in [0.5, 0.6) is 0 Å². The van der Waals surface area contributed by atoms with E-state index in [1.165, 1.54) is 0 Å². The molecule has 1 aliphatic rings. The molecule has 1 heterocycles. The average Bonchev–Trinajstić information content (AvgIpc) is 2.55. The van der Waals surface area contributed by atoms with Gasteiger partial charge in [0.1, 0.15) is 0 Å². The molecule has 0 amide bonds. The minimum absolute atomic E-state index is 0. The van der Waals surface area contributed by atoms with Gasteiger partial charge in [-0.15, -0.1) is 0 Å². The van der Waals surface area contributed by atoms with Crippen LogP contribution in [0.25, 0.3) is 0 Å². The Hall–Kier alpha value is -0.980. The summed E-state index contributed by atoms with van der Waals surface area (Å²) in [7, 11) is 0. The minimum Gasteiger partial charge on any atom is -0.550 e. The number of carboxylic acids is 1. The van der Waals surface area contributed by atoms with E-state index in [1.54, 1.807) is 0 Å². The van der Waals surface area contributed by atoms with Crippen LogP contribution in [0.15, 0.2) is 58.3 Å². The van der Waals surface area contributed by atoms with Crippen LogP contribution in [0, 0.1) is 0 Å². The first-order valence-corrected chi connectivity index (χ1v) is 9.09. The van der Waals surface area contributed by atoms with Crippen LogP contribution in [0.4, 0.5) is 11.4 Å². The summed E-state index contributed by atoms with van der Waals surface area (Å²) in [5.74, 6) is -1.05. The molecule has 0 aliphatic carbocycles. The molecule has 122 valence electrons. The Kier molecular flexibility index (Phi) is 6.78. The van der Waals surface area contributed by atoms with Crippen molar-refractivity contribution in [1.29, 1.82) is 0 Å². The van der Waals surface area contributed by atoms with Crippen molar-refractivity contribution in [2.45, 2.75) is 42.0 Å². The van der Waals surface area contributed by atoms with E-state index >= 15 is 0 Å². The molecule has 3 rings (SSSR count). The van der Waals surface area contributed by atoms with Crippen LogP contribution in [0.3, 0.4) is 0 Å². The summed E-state index contributed by atoms with van der Waals surface area (Å²) in [6.07, 6.45) is 1.60. The summed E-state index contributed by atoms with van der Waals surface area (Å²) < 4.78 is 10.7. The maximum Gasteiger partial charge on any atom is 1.00 e. The number of carbonyl (C=O) groups is 1. The zero-order valence-corrected chi connectivity index (χ0v) is 16.9. The summed E-state index contributed by atoms with van der Waals surface area (Å²) in [6, 6.07) is 15.2. The number of thiol groups is 1. The van der Waals surface area contributed by atoms with Gasteiger partial charge in [0.15, 0.2) is 0 Å². The number of para-hydroxylation sites is 2. The molecule has 0 saturated heterocycles. The Bertz CT molecular complexity index is 677. The topological polar surface area (TPSA) is 63.6 Å². The second-order valence-electron chi connectivity index (χ2n) is 5.68. The van der Waals surface area contributed by atoms with Gasteiger partial charge in [0.05, 0.1) is 11.4 Å². The molecule has 0 radical (unpaired) electrons. The second-order valence-corrected chi connectivity index (χ2v) is 7.27. The summed E-state index contributed by atoms with van der Waals surface area (Å²) >= 11 is -1.41. The van der Waals surface area contributed by atoms with Crippen molar-refractivity contribution in [3.63, 3.8) is 0 Å². The van der Waals surface area contributed by atoms with E-state index < -0.39 is 17.1 Å². The third kappa shape index (κ3) is 3.65. The molecule has 4 nitrogen and oxygen atoms in total. The smallest absolute Gasteiger partial charge is 0.550 e. The predicted octanol–water partition coefficient (Wildman–Crippen LogP) is 0.343. The van der Waals surface area contributed by atoms with Gasteiger partial charge in [-0.05, 0) is 30.7 Å². The van der Waals surface area contributed by atoms with Crippen molar-refractivity contribution in [1.82, 2.24) is 0 Å². The SMILES string of the molecule is CCCC(CC(=O)[O-])N1c2ccccc2[SH](O)c2ccccc21.[Na+]. The average molecular weight is 353 g/mol. The first-order chi connectivity index (χ1) is 11.1. The maximum atomic E-state index is 11.2. The van der Waals surface area contributed by atoms with Crippen LogP contribution in [0.2, 0.25) is 0 Å². The standard InChI is InChI=1S/C18H21NO3S.Na/c1-2-7-13(12-18(20)21)19-14-8-3-5-10-16(14)23(22)17-11-6-4-9-15(17)19;/h3-6,8-11,13,22-23H,2,7,12H2,1H3,(H,20,21);/q;+1/p-1. The van der Waals surface area contributed by atoms with Gasteiger partial charge in [-0.3, -0.25) is 0 Å². The minimum atomic E-state index is -1.41. The number of carboxylic acid groups (broad SMARTS) is 1. The Balaban J connectivity index is 0.00000208. The Labute approximate surface area is 167 Å². The molecule has 1 unspecified atom stereocenters. The van der Waals surface area contributed by atoms with Gasteiger partial charge in [-0.1, -0.05) is 48.8 Å². The largest absolute Gasteiger partial charge is 1.00 e. The van der Waals surface area contributed by atoms with E-state index in [2.05, 4.69) is 4.90 Å². The Morgan fingerprint density at radius 2 is 1.62 bits per heavy atom. The molecule has 6 heteroatoms. The maximum absolute atomic E-state index is 11.2. The number of benzene rings is 2. The molecular weight excluding hydrogens is 333 g/mol. The van der Waals surface area contributed by atoms with Crippen molar-refractivity contribution < 1.29 is 44.0 Å². The van der Waals surface area contributed by atoms with Gasteiger partial charge < -0.3 is 19.4 Å². The molecule has 0 spiro atoms. The summed E-state index contributed by atoms with van der Waals surface area (Å²) in [5.41, 5.74) is 1.80. The van der Waals surface area contributed by atoms with Crippen LogP contribution in [0.1, 0.15) is 26.2 Å². The number of aliphatic carboxylic acids is 1. The van der Waals surface area contributed by atoms with Crippen LogP contribution >= 0.6 is 11.2 Å². The van der Waals surface area contributed by atoms with Gasteiger partial charge in [0.25, 0.3) is 0 Å². The molecule has 1 atom stereocenters. The van der Waals surface area contributed by atoms with Crippen molar-refractivity contribution in [3.05, 3.63) is 48.5 Å². The van der Waals surface area contributed by atoms with Crippen molar-refractivity contribution in [2.75, 3.05) is 4.90 Å². The molecule has 0 saturated carbocycles. The van der Waals surface area contributed by atoms with Crippen LogP contribution in [-0.4, -0.2) is 16.6 Å². The van der Waals surface area contributed by atoms with E-state index in [0.29, 0.717) is 0 Å². The van der Waals surface area contributed by atoms with E-state index in [1.807, 2.05) is 55.5 Å². The van der Waals surface area contributed by atoms with Crippen LogP contribution in [-0.2, 0) is 4.79 Å². The number of rotatable bonds is 5. The van der Waals surface area contributed by atoms with Gasteiger partial charge in [-0.2, -0.15) is 0 Å². The number of carbonyl (C=O) groups excluding carboxylic acids is 1. The summed E-state index contributed by atoms with van der Waals surface area (Å²) in [4.78, 5) is 15.1. The predicted molar refractivity (Wildman–Crippen MR) is 91.5 cm³/mol. The fourth-order valence-electron chi connectivity index (χ4n) is 3.19. The number of anilines is 2. The molecule has 1 N–H and O–H groups in total. The zero-order chi connectivity index (χ0) is 16.4. The number of nitrogens with zero attached hydrogens (tertiary/aromatic N) is 1. The summed E-state index contributed by atoms with van der Waals surface area (Å²) in [5, 5.41) is 11.2. The Morgan fingerprint density at radius 3 is 2.08 bits per heavy atom. The molecule has 1 aliphatic heterocycles. The van der Waals surface area contributed by atoms with E-state index in [9.17, 15) is 14.5 Å². The molecule has 0 bridgehead atoms. The van der Waals surface area contributed by atoms with E-state index in [4.69, 9.17) is 0 Å². The van der Waals surface area contributed by atoms with Crippen LogP contribution < -0.4 is 39.6 Å². The Morgan fingerprint density at radius 1 is 1.12 bits per heavy atom. The molecule has 2 aromatic rings. The monoisotopic (exact) mass is 353 g/mol. The van der Waals surface area contributed by atoms with Gasteiger partial charge in [-0.25, -0.2) is 0 Å². The normalized spacial score (nSPS) is 15.1. The fourth-order valence-corrected chi connectivity index (χ4v) is 4.71. The molecule has 0 aromatic heterocycles. The number of hydrogen-bond acceptors (Lipinski definition) is 4. The van der Waals surface area contributed by atoms with Crippen molar-refractivity contribution >= 4 is 28.5 Å². The summed E-state index contributed by atoms with van der Waals surface area (Å²) in [6.45, 7) is 2.04. The third-order valence-electron chi connectivity index (χ3n) is 4.13. The number of fused-ring (bicyclic) bond motifs is 2. The number of hydrogen-bond donors (Lipinski definition) is 2. The van der Waals surface area contributed by atoms with E-state index in [0.717, 1.165) is 34.0 Å². The third-order valence-corrected chi connectivity index (χ3v) is 5.80. The second kappa shape index (κ2) is 8.41. The molecular formula is C18H20NNaO3S. The van der Waals surface area contributed by atoms with E-state index in [-0.39, 0.29) is 42.0 Å². The van der Waals surface area contributed by atoms with Crippen molar-refractivity contribution in [2.24, 2.45) is 0 Å². The molecule has 24 heavy (non-hydrogen) atoms. The van der Waals surface area contributed by atoms with Gasteiger partial charge in [0.2, 0.25) is 0 Å². The molecule has 2 aromatic carbocycles. The van der Waals surface area contributed by atoms with Gasteiger partial charge in [0, 0.05) is 28.2 Å². The first kappa shape index (κ1) is 19.3. The quantitative estimate of drug-likeness (QED) is 0.601. The van der Waals surface area contributed by atoms with Gasteiger partial charge >= 0.3 is 29.6 Å². The fraction of sp³-hybridized carbons (Fsp3) is 0.278. The first-order valence-electron chi connectivity index (χ1n) is 7.79. The zero-order valence-electron chi connectivity index (χ0n) is 14.0.